The van der Waals surface area contributed by atoms with Gasteiger partial charge in [-0.2, -0.15) is 0 Å². The molecule has 0 saturated heterocycles. The van der Waals surface area contributed by atoms with Crippen molar-refractivity contribution in [3.05, 3.63) is 47.2 Å². The van der Waals surface area contributed by atoms with E-state index >= 15 is 0 Å². The van der Waals surface area contributed by atoms with E-state index in [-0.39, 0.29) is 11.4 Å². The van der Waals surface area contributed by atoms with Crippen molar-refractivity contribution in [2.75, 3.05) is 0 Å². The number of rotatable bonds is 12. The Kier molecular flexibility index (Phi) is 10.6. The van der Waals surface area contributed by atoms with E-state index in [9.17, 15) is 19.8 Å². The maximum Gasteiger partial charge on any atom is 0.352 e. The second kappa shape index (κ2) is 12.7. The average Bonchev–Trinajstić information content (AvgIpc) is 2.62. The van der Waals surface area contributed by atoms with Crippen LogP contribution >= 0.6 is 0 Å². The van der Waals surface area contributed by atoms with Crippen molar-refractivity contribution in [2.45, 2.75) is 65.2 Å². The third-order valence-electron chi connectivity index (χ3n) is 4.26. The summed E-state index contributed by atoms with van der Waals surface area (Å²) in [5.74, 6) is -1.53. The molecule has 148 valence electrons. The van der Waals surface area contributed by atoms with Crippen molar-refractivity contribution in [3.8, 4) is 5.75 Å². The zero-order valence-corrected chi connectivity index (χ0v) is 16.3. The van der Waals surface area contributed by atoms with E-state index in [2.05, 4.69) is 12.2 Å². The highest BCUT2D eigenvalue weighted by molar-refractivity contribution is 5.99. The Morgan fingerprint density at radius 3 is 2.37 bits per heavy atom. The number of aryl methyl sites for hydroxylation is 1. The lowest BCUT2D eigenvalue weighted by atomic mass is 10.1. The lowest BCUT2D eigenvalue weighted by molar-refractivity contribution is -0.134. The Hall–Kier alpha value is -2.56. The molecule has 0 heterocycles. The van der Waals surface area contributed by atoms with Crippen molar-refractivity contribution < 1.29 is 19.8 Å². The minimum atomic E-state index is -1.21. The molecule has 1 aromatic carbocycles. The van der Waals surface area contributed by atoms with Gasteiger partial charge in [0, 0.05) is 0 Å². The van der Waals surface area contributed by atoms with Crippen LogP contribution in [-0.2, 0) is 9.59 Å². The lowest BCUT2D eigenvalue weighted by Crippen LogP contribution is -2.25. The first-order chi connectivity index (χ1) is 12.9. The molecule has 0 aliphatic heterocycles. The molecule has 0 bridgehead atoms. The van der Waals surface area contributed by atoms with Crippen LogP contribution in [0.15, 0.2) is 36.0 Å². The van der Waals surface area contributed by atoms with Crippen LogP contribution in [0.25, 0.3) is 6.08 Å². The molecular weight excluding hydrogens is 342 g/mol. The number of carbonyl (C=O) groups excluding carboxylic acids is 1. The maximum atomic E-state index is 11.9. The predicted molar refractivity (Wildman–Crippen MR) is 108 cm³/mol. The van der Waals surface area contributed by atoms with E-state index in [4.69, 9.17) is 0 Å². The fraction of sp³-hybridized carbons (Fsp3) is 0.455. The minimum absolute atomic E-state index is 0.140. The molecule has 27 heavy (non-hydrogen) atoms. The number of hydrogen-bond donors (Lipinski definition) is 3. The molecule has 1 rings (SSSR count). The van der Waals surface area contributed by atoms with E-state index in [0.717, 1.165) is 19.3 Å². The highest BCUT2D eigenvalue weighted by Crippen LogP contribution is 2.18. The summed E-state index contributed by atoms with van der Waals surface area (Å²) >= 11 is 0. The second-order valence-corrected chi connectivity index (χ2v) is 6.71. The topological polar surface area (TPSA) is 86.6 Å². The van der Waals surface area contributed by atoms with Gasteiger partial charge in [0.15, 0.2) is 0 Å². The van der Waals surface area contributed by atoms with Crippen LogP contribution < -0.4 is 5.32 Å². The summed E-state index contributed by atoms with van der Waals surface area (Å²) in [4.78, 5) is 23.3. The Balaban J connectivity index is 2.45. The zero-order chi connectivity index (χ0) is 20.1. The summed E-state index contributed by atoms with van der Waals surface area (Å²) in [7, 11) is 0. The van der Waals surface area contributed by atoms with Crippen LogP contribution in [0.3, 0.4) is 0 Å². The summed E-state index contributed by atoms with van der Waals surface area (Å²) in [6.07, 6.45) is 13.8. The van der Waals surface area contributed by atoms with Crippen molar-refractivity contribution >= 4 is 18.0 Å². The number of unbranched alkanes of at least 4 members (excludes halogenated alkanes) is 7. The van der Waals surface area contributed by atoms with Gasteiger partial charge in [0.2, 0.25) is 5.91 Å². The van der Waals surface area contributed by atoms with Gasteiger partial charge in [-0.25, -0.2) is 4.79 Å². The first-order valence-corrected chi connectivity index (χ1v) is 9.66. The van der Waals surface area contributed by atoms with Gasteiger partial charge >= 0.3 is 5.97 Å². The smallest absolute Gasteiger partial charge is 0.352 e. The number of allylic oxidation sites excluding steroid dienone is 1. The first kappa shape index (κ1) is 22.5. The van der Waals surface area contributed by atoms with Crippen molar-refractivity contribution in [1.29, 1.82) is 0 Å². The molecule has 1 amide bonds. The minimum Gasteiger partial charge on any atom is -0.508 e. The zero-order valence-electron chi connectivity index (χ0n) is 16.3. The van der Waals surface area contributed by atoms with E-state index in [1.54, 1.807) is 25.1 Å². The van der Waals surface area contributed by atoms with Crippen LogP contribution in [0.5, 0.6) is 5.75 Å². The van der Waals surface area contributed by atoms with Crippen LogP contribution in [-0.4, -0.2) is 22.1 Å². The standard InChI is InChI=1S/C22H31NO4/c1-3-4-5-6-7-8-9-10-11-12-21(25)23-19(22(26)27)16-18-13-14-20(24)17(2)15-18/h11-16,24H,3-10H2,1-2H3,(H,23,25)(H,26,27)/b12-11+,19-16+. The third-order valence-corrected chi connectivity index (χ3v) is 4.26. The number of aromatic hydroxyl groups is 1. The normalized spacial score (nSPS) is 11.7. The fourth-order valence-corrected chi connectivity index (χ4v) is 2.67. The van der Waals surface area contributed by atoms with Crippen LogP contribution in [0.4, 0.5) is 0 Å². The van der Waals surface area contributed by atoms with E-state index in [0.29, 0.717) is 11.1 Å². The second-order valence-electron chi connectivity index (χ2n) is 6.71. The number of nitrogens with one attached hydrogen (secondary N) is 1. The van der Waals surface area contributed by atoms with Crippen molar-refractivity contribution in [3.63, 3.8) is 0 Å². The monoisotopic (exact) mass is 373 g/mol. The van der Waals surface area contributed by atoms with Gasteiger partial charge in [-0.1, -0.05) is 57.6 Å². The number of aliphatic carboxylic acids is 1. The summed E-state index contributed by atoms with van der Waals surface area (Å²) in [6, 6.07) is 4.74. The van der Waals surface area contributed by atoms with Crippen molar-refractivity contribution in [2.24, 2.45) is 0 Å². The summed E-state index contributed by atoms with van der Waals surface area (Å²) in [5.41, 5.74) is 1.02. The Morgan fingerprint density at radius 1 is 1.07 bits per heavy atom. The third kappa shape index (κ3) is 9.64. The summed E-state index contributed by atoms with van der Waals surface area (Å²) in [6.45, 7) is 3.92. The average molecular weight is 373 g/mol. The molecule has 0 saturated carbocycles. The first-order valence-electron chi connectivity index (χ1n) is 9.66. The van der Waals surface area contributed by atoms with Gasteiger partial charge in [0.05, 0.1) is 0 Å². The molecule has 0 fully saturated rings. The largest absolute Gasteiger partial charge is 0.508 e. The number of carboxylic acid groups (broad SMARTS) is 1. The van der Waals surface area contributed by atoms with Gasteiger partial charge in [-0.3, -0.25) is 4.79 Å². The molecule has 0 aliphatic rings. The van der Waals surface area contributed by atoms with E-state index < -0.39 is 11.9 Å². The van der Waals surface area contributed by atoms with Crippen LogP contribution in [0, 0.1) is 6.92 Å². The molecule has 0 radical (unpaired) electrons. The fourth-order valence-electron chi connectivity index (χ4n) is 2.67. The van der Waals surface area contributed by atoms with Gasteiger partial charge in [0.1, 0.15) is 11.4 Å². The number of carbonyl (C=O) groups is 2. The lowest BCUT2D eigenvalue weighted by Gasteiger charge is -2.05. The highest BCUT2D eigenvalue weighted by Gasteiger charge is 2.10. The number of amides is 1. The molecule has 5 nitrogen and oxygen atoms in total. The number of hydrogen-bond acceptors (Lipinski definition) is 3. The molecule has 0 spiro atoms. The summed E-state index contributed by atoms with van der Waals surface area (Å²) in [5, 5.41) is 21.2. The Morgan fingerprint density at radius 2 is 1.74 bits per heavy atom. The van der Waals surface area contributed by atoms with Gasteiger partial charge in [-0.15, -0.1) is 0 Å². The SMILES string of the molecule is CCCCCCCCC/C=C/C(=O)N/C(=C/c1ccc(O)c(C)c1)C(=O)O. The predicted octanol–water partition coefficient (Wildman–Crippen LogP) is 4.94. The quantitative estimate of drug-likeness (QED) is 0.358. The Labute approximate surface area is 161 Å². The molecule has 0 aromatic heterocycles. The maximum absolute atomic E-state index is 11.9. The number of benzene rings is 1. The Bertz CT molecular complexity index is 677. The van der Waals surface area contributed by atoms with Gasteiger partial charge < -0.3 is 15.5 Å². The molecule has 0 unspecified atom stereocenters. The molecule has 0 aliphatic carbocycles. The van der Waals surface area contributed by atoms with Gasteiger partial charge in [0.25, 0.3) is 0 Å². The van der Waals surface area contributed by atoms with E-state index in [1.165, 1.54) is 50.3 Å². The van der Waals surface area contributed by atoms with Crippen LogP contribution in [0.1, 0.15) is 69.4 Å². The molecule has 1 aromatic rings. The summed E-state index contributed by atoms with van der Waals surface area (Å²) < 4.78 is 0. The number of phenols is 1. The number of phenolic OH excluding ortho intramolecular Hbond substituents is 1. The molecule has 3 N–H and O–H groups in total. The number of carboxylic acids is 1. The van der Waals surface area contributed by atoms with Gasteiger partial charge in [-0.05, 0) is 55.2 Å². The molecular formula is C22H31NO4. The van der Waals surface area contributed by atoms with E-state index in [1.807, 2.05) is 0 Å². The van der Waals surface area contributed by atoms with Crippen LogP contribution in [0.2, 0.25) is 0 Å². The molecule has 0 atom stereocenters. The molecule has 5 heteroatoms. The van der Waals surface area contributed by atoms with Crippen molar-refractivity contribution in [1.82, 2.24) is 5.32 Å². The highest BCUT2D eigenvalue weighted by atomic mass is 16.4.